The first kappa shape index (κ1) is 19.2. The summed E-state index contributed by atoms with van der Waals surface area (Å²) in [7, 11) is 0. The van der Waals surface area contributed by atoms with Crippen molar-refractivity contribution in [3.8, 4) is 0 Å². The SMILES string of the molecule is CCCC(C)(N)C(=O)N1CCN(c2ccc(Br)cn2)CC1.Cl. The van der Waals surface area contributed by atoms with Crippen molar-refractivity contribution >= 4 is 40.1 Å². The molecule has 1 fully saturated rings. The summed E-state index contributed by atoms with van der Waals surface area (Å²) in [6.07, 6.45) is 3.44. The molecule has 22 heavy (non-hydrogen) atoms. The number of hydrogen-bond acceptors (Lipinski definition) is 4. The molecule has 0 bridgehead atoms. The van der Waals surface area contributed by atoms with Gasteiger partial charge in [0.1, 0.15) is 5.82 Å². The number of pyridine rings is 1. The molecule has 124 valence electrons. The van der Waals surface area contributed by atoms with E-state index in [2.05, 4.69) is 32.7 Å². The van der Waals surface area contributed by atoms with Gasteiger partial charge in [-0.2, -0.15) is 0 Å². The summed E-state index contributed by atoms with van der Waals surface area (Å²) in [5.41, 5.74) is 5.40. The highest BCUT2D eigenvalue weighted by Gasteiger charge is 2.33. The number of hydrogen-bond donors (Lipinski definition) is 1. The fraction of sp³-hybridized carbons (Fsp3) is 0.600. The van der Waals surface area contributed by atoms with Gasteiger partial charge in [-0.15, -0.1) is 12.4 Å². The molecule has 1 aliphatic heterocycles. The highest BCUT2D eigenvalue weighted by molar-refractivity contribution is 9.10. The van der Waals surface area contributed by atoms with Crippen molar-refractivity contribution in [1.29, 1.82) is 0 Å². The first-order chi connectivity index (χ1) is 9.94. The lowest BCUT2D eigenvalue weighted by Gasteiger charge is -2.38. The van der Waals surface area contributed by atoms with Crippen molar-refractivity contribution in [3.63, 3.8) is 0 Å². The van der Waals surface area contributed by atoms with Crippen molar-refractivity contribution in [2.75, 3.05) is 31.1 Å². The first-order valence-electron chi connectivity index (χ1n) is 7.39. The van der Waals surface area contributed by atoms with Crippen molar-refractivity contribution in [2.45, 2.75) is 32.2 Å². The van der Waals surface area contributed by atoms with E-state index in [1.165, 1.54) is 0 Å². The average Bonchev–Trinajstić information content (AvgIpc) is 2.47. The second-order valence-corrected chi connectivity index (χ2v) is 6.70. The molecule has 0 aliphatic carbocycles. The number of carbonyl (C=O) groups is 1. The molecule has 2 N–H and O–H groups in total. The third-order valence-corrected chi connectivity index (χ3v) is 4.33. The van der Waals surface area contributed by atoms with E-state index in [0.29, 0.717) is 13.1 Å². The molecule has 1 unspecified atom stereocenters. The number of halogens is 2. The second kappa shape index (κ2) is 8.13. The van der Waals surface area contributed by atoms with Crippen LogP contribution in [-0.2, 0) is 4.79 Å². The molecule has 5 nitrogen and oxygen atoms in total. The van der Waals surface area contributed by atoms with Crippen LogP contribution in [0.2, 0.25) is 0 Å². The number of carbonyl (C=O) groups excluding carboxylic acids is 1. The van der Waals surface area contributed by atoms with Gasteiger partial charge in [0.2, 0.25) is 5.91 Å². The minimum atomic E-state index is -0.743. The molecular weight excluding hydrogens is 368 g/mol. The largest absolute Gasteiger partial charge is 0.353 e. The van der Waals surface area contributed by atoms with Gasteiger partial charge in [0.15, 0.2) is 0 Å². The van der Waals surface area contributed by atoms with Crippen molar-refractivity contribution in [3.05, 3.63) is 22.8 Å². The molecule has 1 aromatic rings. The van der Waals surface area contributed by atoms with E-state index in [1.54, 1.807) is 6.20 Å². The first-order valence-corrected chi connectivity index (χ1v) is 8.18. The molecule has 1 amide bonds. The van der Waals surface area contributed by atoms with Crippen LogP contribution in [0.3, 0.4) is 0 Å². The summed E-state index contributed by atoms with van der Waals surface area (Å²) in [5, 5.41) is 0. The summed E-state index contributed by atoms with van der Waals surface area (Å²) in [5.74, 6) is 1.02. The van der Waals surface area contributed by atoms with Crippen LogP contribution >= 0.6 is 28.3 Å². The van der Waals surface area contributed by atoms with E-state index in [1.807, 2.05) is 24.0 Å². The molecule has 1 atom stereocenters. The van der Waals surface area contributed by atoms with Gasteiger partial charge in [-0.05, 0) is 41.4 Å². The number of rotatable bonds is 4. The van der Waals surface area contributed by atoms with Gasteiger partial charge < -0.3 is 15.5 Å². The molecule has 7 heteroatoms. The zero-order chi connectivity index (χ0) is 15.5. The predicted octanol–water partition coefficient (Wildman–Crippen LogP) is 2.43. The Morgan fingerprint density at radius 2 is 2.00 bits per heavy atom. The van der Waals surface area contributed by atoms with Gasteiger partial charge in [0.05, 0.1) is 5.54 Å². The number of piperazine rings is 1. The number of aromatic nitrogens is 1. The molecule has 0 radical (unpaired) electrons. The Labute approximate surface area is 146 Å². The third-order valence-electron chi connectivity index (χ3n) is 3.86. The fourth-order valence-electron chi connectivity index (χ4n) is 2.68. The maximum atomic E-state index is 12.5. The number of anilines is 1. The topological polar surface area (TPSA) is 62.5 Å². The Morgan fingerprint density at radius 1 is 1.36 bits per heavy atom. The second-order valence-electron chi connectivity index (χ2n) is 5.78. The Morgan fingerprint density at radius 3 is 2.50 bits per heavy atom. The molecule has 1 saturated heterocycles. The standard InChI is InChI=1S/C15H23BrN4O.ClH/c1-3-6-15(2,17)14(21)20-9-7-19(8-10-20)13-5-4-12(16)11-18-13;/h4-5,11H,3,6-10,17H2,1-2H3;1H. The number of amides is 1. The molecule has 2 rings (SSSR count). The monoisotopic (exact) mass is 390 g/mol. The third kappa shape index (κ3) is 4.57. The number of nitrogens with two attached hydrogens (primary N) is 1. The lowest BCUT2D eigenvalue weighted by Crippen LogP contribution is -2.58. The Hall–Kier alpha value is -0.850. The average molecular weight is 392 g/mol. The van der Waals surface area contributed by atoms with E-state index in [9.17, 15) is 4.79 Å². The van der Waals surface area contributed by atoms with Gasteiger partial charge in [-0.3, -0.25) is 4.79 Å². The Kier molecular flexibility index (Phi) is 7.09. The Bertz CT molecular complexity index is 487. The van der Waals surface area contributed by atoms with Crippen LogP contribution in [0, 0.1) is 0 Å². The maximum Gasteiger partial charge on any atom is 0.242 e. The van der Waals surface area contributed by atoms with Gasteiger partial charge in [0, 0.05) is 36.8 Å². The van der Waals surface area contributed by atoms with Crippen LogP contribution in [0.1, 0.15) is 26.7 Å². The molecule has 1 aliphatic rings. The Balaban J connectivity index is 0.00000242. The zero-order valence-corrected chi connectivity index (χ0v) is 15.5. The predicted molar refractivity (Wildman–Crippen MR) is 95.5 cm³/mol. The minimum Gasteiger partial charge on any atom is -0.353 e. The van der Waals surface area contributed by atoms with E-state index < -0.39 is 5.54 Å². The molecule has 1 aromatic heterocycles. The van der Waals surface area contributed by atoms with E-state index >= 15 is 0 Å². The normalized spacial score (nSPS) is 17.6. The molecule has 2 heterocycles. The van der Waals surface area contributed by atoms with Gasteiger partial charge >= 0.3 is 0 Å². The van der Waals surface area contributed by atoms with Gasteiger partial charge in [0.25, 0.3) is 0 Å². The molecule has 0 spiro atoms. The van der Waals surface area contributed by atoms with E-state index in [-0.39, 0.29) is 18.3 Å². The maximum absolute atomic E-state index is 12.5. The summed E-state index contributed by atoms with van der Waals surface area (Å²) >= 11 is 3.39. The van der Waals surface area contributed by atoms with E-state index in [4.69, 9.17) is 5.73 Å². The van der Waals surface area contributed by atoms with Crippen molar-refractivity contribution in [1.82, 2.24) is 9.88 Å². The zero-order valence-electron chi connectivity index (χ0n) is 13.1. The fourth-order valence-corrected chi connectivity index (χ4v) is 2.92. The van der Waals surface area contributed by atoms with Crippen LogP contribution in [0.5, 0.6) is 0 Å². The molecule has 0 saturated carbocycles. The summed E-state index contributed by atoms with van der Waals surface area (Å²) in [6, 6.07) is 3.98. The number of nitrogens with zero attached hydrogens (tertiary/aromatic N) is 3. The quantitative estimate of drug-likeness (QED) is 0.856. The highest BCUT2D eigenvalue weighted by Crippen LogP contribution is 2.19. The summed E-state index contributed by atoms with van der Waals surface area (Å²) < 4.78 is 0.971. The van der Waals surface area contributed by atoms with Crippen LogP contribution < -0.4 is 10.6 Å². The minimum absolute atomic E-state index is 0. The highest BCUT2D eigenvalue weighted by atomic mass is 79.9. The molecule has 0 aromatic carbocycles. The lowest BCUT2D eigenvalue weighted by molar-refractivity contribution is -0.137. The smallest absolute Gasteiger partial charge is 0.242 e. The van der Waals surface area contributed by atoms with Crippen LogP contribution in [-0.4, -0.2) is 47.5 Å². The summed E-state index contributed by atoms with van der Waals surface area (Å²) in [4.78, 5) is 20.9. The van der Waals surface area contributed by atoms with E-state index in [0.717, 1.165) is 36.2 Å². The lowest BCUT2D eigenvalue weighted by atomic mass is 9.95. The van der Waals surface area contributed by atoms with Crippen LogP contribution in [0.25, 0.3) is 0 Å². The molecular formula is C15H24BrClN4O. The van der Waals surface area contributed by atoms with Crippen molar-refractivity contribution in [2.24, 2.45) is 5.73 Å². The van der Waals surface area contributed by atoms with Gasteiger partial charge in [-0.25, -0.2) is 4.98 Å². The van der Waals surface area contributed by atoms with Gasteiger partial charge in [-0.1, -0.05) is 13.3 Å². The van der Waals surface area contributed by atoms with Crippen LogP contribution in [0.15, 0.2) is 22.8 Å². The summed E-state index contributed by atoms with van der Waals surface area (Å²) in [6.45, 7) is 6.88. The van der Waals surface area contributed by atoms with Crippen LogP contribution in [0.4, 0.5) is 5.82 Å². The van der Waals surface area contributed by atoms with Crippen molar-refractivity contribution < 1.29 is 4.79 Å².